The van der Waals surface area contributed by atoms with Gasteiger partial charge in [-0.1, -0.05) is 57.2 Å². The minimum atomic E-state index is -1.22. The monoisotopic (exact) mass is 338 g/mol. The molecule has 0 aromatic heterocycles. The molecule has 0 radical (unpaired) electrons. The molecule has 5 heteroatoms. The SMILES string of the molecule is CCCCCCCC(O)C(O)C(O)CCOC(=O)c1ccccc1. The van der Waals surface area contributed by atoms with Crippen molar-refractivity contribution in [3.8, 4) is 0 Å². The van der Waals surface area contributed by atoms with E-state index in [1.165, 1.54) is 6.42 Å². The van der Waals surface area contributed by atoms with Gasteiger partial charge in [-0.15, -0.1) is 0 Å². The van der Waals surface area contributed by atoms with Crippen LogP contribution < -0.4 is 0 Å². The number of unbranched alkanes of at least 4 members (excludes halogenated alkanes) is 4. The standard InChI is InChI=1S/C19H30O5/c1-2-3-4-5-9-12-16(20)18(22)17(21)13-14-24-19(23)15-10-7-6-8-11-15/h6-8,10-11,16-18,20-22H,2-5,9,12-14H2,1H3. The molecule has 0 spiro atoms. The summed E-state index contributed by atoms with van der Waals surface area (Å²) in [6.45, 7) is 2.13. The van der Waals surface area contributed by atoms with Crippen molar-refractivity contribution in [3.63, 3.8) is 0 Å². The molecule has 0 aliphatic heterocycles. The lowest BCUT2D eigenvalue weighted by molar-refractivity contribution is -0.0694. The van der Waals surface area contributed by atoms with E-state index in [1.54, 1.807) is 30.3 Å². The van der Waals surface area contributed by atoms with Gasteiger partial charge in [0.05, 0.1) is 24.4 Å². The Morgan fingerprint density at radius 3 is 2.25 bits per heavy atom. The van der Waals surface area contributed by atoms with Gasteiger partial charge in [0.1, 0.15) is 6.10 Å². The first-order chi connectivity index (χ1) is 11.6. The maximum Gasteiger partial charge on any atom is 0.338 e. The Morgan fingerprint density at radius 2 is 1.58 bits per heavy atom. The van der Waals surface area contributed by atoms with Crippen LogP contribution in [0.3, 0.4) is 0 Å². The molecule has 1 aromatic rings. The van der Waals surface area contributed by atoms with Gasteiger partial charge < -0.3 is 20.1 Å². The van der Waals surface area contributed by atoms with Gasteiger partial charge in [0, 0.05) is 6.42 Å². The molecule has 0 bridgehead atoms. The maximum absolute atomic E-state index is 11.7. The van der Waals surface area contributed by atoms with Crippen molar-refractivity contribution in [2.24, 2.45) is 0 Å². The van der Waals surface area contributed by atoms with Crippen molar-refractivity contribution < 1.29 is 24.9 Å². The molecule has 136 valence electrons. The van der Waals surface area contributed by atoms with Crippen molar-refractivity contribution in [3.05, 3.63) is 35.9 Å². The number of hydrogen-bond acceptors (Lipinski definition) is 5. The summed E-state index contributed by atoms with van der Waals surface area (Å²) in [6.07, 6.45) is 2.57. The van der Waals surface area contributed by atoms with Crippen LogP contribution in [0.15, 0.2) is 30.3 Å². The summed E-state index contributed by atoms with van der Waals surface area (Å²) < 4.78 is 5.06. The zero-order chi connectivity index (χ0) is 17.8. The Labute approximate surface area is 144 Å². The smallest absolute Gasteiger partial charge is 0.338 e. The highest BCUT2D eigenvalue weighted by molar-refractivity contribution is 5.89. The number of hydrogen-bond donors (Lipinski definition) is 3. The number of esters is 1. The van der Waals surface area contributed by atoms with Crippen LogP contribution >= 0.6 is 0 Å². The lowest BCUT2D eigenvalue weighted by Gasteiger charge is -2.22. The molecule has 0 amide bonds. The van der Waals surface area contributed by atoms with Crippen molar-refractivity contribution in [1.82, 2.24) is 0 Å². The summed E-state index contributed by atoms with van der Waals surface area (Å²) in [4.78, 5) is 11.7. The second kappa shape index (κ2) is 12.0. The maximum atomic E-state index is 11.7. The molecule has 0 saturated heterocycles. The number of ether oxygens (including phenoxy) is 1. The van der Waals surface area contributed by atoms with E-state index in [0.717, 1.165) is 25.7 Å². The van der Waals surface area contributed by atoms with Crippen LogP contribution in [0, 0.1) is 0 Å². The third-order valence-corrected chi connectivity index (χ3v) is 4.05. The van der Waals surface area contributed by atoms with E-state index in [4.69, 9.17) is 4.74 Å². The van der Waals surface area contributed by atoms with Crippen molar-refractivity contribution in [2.75, 3.05) is 6.61 Å². The molecule has 1 rings (SSSR count). The highest BCUT2D eigenvalue weighted by Crippen LogP contribution is 2.13. The Hall–Kier alpha value is -1.43. The molecule has 3 N–H and O–H groups in total. The molecule has 0 heterocycles. The molecule has 1 aromatic carbocycles. The molecule has 0 aliphatic carbocycles. The first kappa shape index (κ1) is 20.6. The van der Waals surface area contributed by atoms with E-state index in [-0.39, 0.29) is 13.0 Å². The van der Waals surface area contributed by atoms with Gasteiger partial charge in [-0.05, 0) is 18.6 Å². The summed E-state index contributed by atoms with van der Waals surface area (Å²) >= 11 is 0. The Kier molecular flexibility index (Phi) is 10.3. The van der Waals surface area contributed by atoms with Gasteiger partial charge in [-0.25, -0.2) is 4.79 Å². The van der Waals surface area contributed by atoms with Gasteiger partial charge in [0.15, 0.2) is 0 Å². The number of aliphatic hydroxyl groups excluding tert-OH is 3. The quantitative estimate of drug-likeness (QED) is 0.403. The van der Waals surface area contributed by atoms with Crippen LogP contribution in [0.1, 0.15) is 62.2 Å². The molecule has 0 saturated carbocycles. The molecule has 3 unspecified atom stereocenters. The zero-order valence-corrected chi connectivity index (χ0v) is 14.4. The van der Waals surface area contributed by atoms with Crippen LogP contribution in [-0.4, -0.2) is 46.2 Å². The van der Waals surface area contributed by atoms with Gasteiger partial charge in [-0.2, -0.15) is 0 Å². The fourth-order valence-corrected chi connectivity index (χ4v) is 2.48. The summed E-state index contributed by atoms with van der Waals surface area (Å²) in [5, 5.41) is 29.8. The predicted octanol–water partition coefficient (Wildman–Crippen LogP) is 2.68. The fourth-order valence-electron chi connectivity index (χ4n) is 2.48. The number of benzene rings is 1. The minimum Gasteiger partial charge on any atom is -0.462 e. The lowest BCUT2D eigenvalue weighted by atomic mass is 10.00. The van der Waals surface area contributed by atoms with Gasteiger partial charge in [0.25, 0.3) is 0 Å². The van der Waals surface area contributed by atoms with Crippen molar-refractivity contribution in [2.45, 2.75) is 70.2 Å². The predicted molar refractivity (Wildman–Crippen MR) is 92.7 cm³/mol. The van der Waals surface area contributed by atoms with Crippen LogP contribution in [0.2, 0.25) is 0 Å². The van der Waals surface area contributed by atoms with E-state index in [0.29, 0.717) is 12.0 Å². The first-order valence-corrected chi connectivity index (χ1v) is 8.82. The third kappa shape index (κ3) is 7.90. The summed E-state index contributed by atoms with van der Waals surface area (Å²) in [5.74, 6) is -0.464. The molecule has 5 nitrogen and oxygen atoms in total. The Morgan fingerprint density at radius 1 is 0.958 bits per heavy atom. The Bertz CT molecular complexity index is 448. The average Bonchev–Trinajstić information content (AvgIpc) is 2.61. The molecule has 0 aliphatic rings. The fraction of sp³-hybridized carbons (Fsp3) is 0.632. The zero-order valence-electron chi connectivity index (χ0n) is 14.4. The van der Waals surface area contributed by atoms with E-state index in [2.05, 4.69) is 6.92 Å². The van der Waals surface area contributed by atoms with E-state index in [9.17, 15) is 20.1 Å². The van der Waals surface area contributed by atoms with Crippen molar-refractivity contribution in [1.29, 1.82) is 0 Å². The molecular weight excluding hydrogens is 308 g/mol. The van der Waals surface area contributed by atoms with Crippen LogP contribution in [0.5, 0.6) is 0 Å². The van der Waals surface area contributed by atoms with E-state index >= 15 is 0 Å². The summed E-state index contributed by atoms with van der Waals surface area (Å²) in [5.41, 5.74) is 0.444. The summed E-state index contributed by atoms with van der Waals surface area (Å²) in [6, 6.07) is 8.59. The van der Waals surface area contributed by atoms with Crippen molar-refractivity contribution >= 4 is 5.97 Å². The normalized spacial score (nSPS) is 14.8. The topological polar surface area (TPSA) is 87.0 Å². The highest BCUT2D eigenvalue weighted by Gasteiger charge is 2.24. The van der Waals surface area contributed by atoms with E-state index in [1.807, 2.05) is 0 Å². The third-order valence-electron chi connectivity index (χ3n) is 4.05. The van der Waals surface area contributed by atoms with Crippen LogP contribution in [-0.2, 0) is 4.74 Å². The second-order valence-electron chi connectivity index (χ2n) is 6.12. The number of carbonyl (C=O) groups excluding carboxylic acids is 1. The molecule has 3 atom stereocenters. The van der Waals surface area contributed by atoms with Gasteiger partial charge in [0.2, 0.25) is 0 Å². The van der Waals surface area contributed by atoms with Crippen LogP contribution in [0.4, 0.5) is 0 Å². The summed E-state index contributed by atoms with van der Waals surface area (Å²) in [7, 11) is 0. The highest BCUT2D eigenvalue weighted by atomic mass is 16.5. The number of carbonyl (C=O) groups is 1. The molecule has 0 fully saturated rings. The van der Waals surface area contributed by atoms with E-state index < -0.39 is 24.3 Å². The van der Waals surface area contributed by atoms with Gasteiger partial charge >= 0.3 is 5.97 Å². The molecule has 24 heavy (non-hydrogen) atoms. The second-order valence-corrected chi connectivity index (χ2v) is 6.12. The average molecular weight is 338 g/mol. The number of aliphatic hydroxyl groups is 3. The lowest BCUT2D eigenvalue weighted by Crippen LogP contribution is -2.38. The molecular formula is C19H30O5. The van der Waals surface area contributed by atoms with Crippen LogP contribution in [0.25, 0.3) is 0 Å². The Balaban J connectivity index is 2.21. The number of rotatable bonds is 12. The first-order valence-electron chi connectivity index (χ1n) is 8.82. The largest absolute Gasteiger partial charge is 0.462 e. The minimum absolute atomic E-state index is 0.00479. The van der Waals surface area contributed by atoms with Gasteiger partial charge in [-0.3, -0.25) is 0 Å².